The van der Waals surface area contributed by atoms with Gasteiger partial charge in [0.2, 0.25) is 0 Å². The molecule has 4 saturated heterocycles. The number of likely N-dealkylation sites (tertiary alicyclic amines) is 1. The van der Waals surface area contributed by atoms with E-state index in [4.69, 9.17) is 10.8 Å². The first-order valence-corrected chi connectivity index (χ1v) is 6.52. The van der Waals surface area contributed by atoms with E-state index < -0.39 is 12.0 Å². The Hall–Kier alpha value is -0.650. The number of carbonyl (C=O) groups is 1. The normalized spacial score (nSPS) is 46.8. The molecule has 0 aromatic rings. The highest BCUT2D eigenvalue weighted by Gasteiger charge is 2.53. The molecule has 4 heterocycles. The van der Waals surface area contributed by atoms with Crippen LogP contribution in [0.5, 0.6) is 0 Å². The molecule has 0 aromatic carbocycles. The van der Waals surface area contributed by atoms with E-state index in [-0.39, 0.29) is 6.04 Å². The van der Waals surface area contributed by atoms with E-state index in [1.54, 1.807) is 0 Å². The van der Waals surface area contributed by atoms with Gasteiger partial charge in [0.05, 0.1) is 6.04 Å². The zero-order valence-corrected chi connectivity index (χ0v) is 10.2. The fourth-order valence-corrected chi connectivity index (χ4v) is 4.27. The maximum atomic E-state index is 11.1. The van der Waals surface area contributed by atoms with E-state index in [1.807, 2.05) is 7.05 Å². The van der Waals surface area contributed by atoms with Gasteiger partial charge in [-0.3, -0.25) is 14.6 Å². The minimum absolute atomic E-state index is 0.0133. The minimum Gasteiger partial charge on any atom is -0.480 e. The van der Waals surface area contributed by atoms with Crippen LogP contribution in [0.25, 0.3) is 0 Å². The number of hydrogen-bond donors (Lipinski definition) is 2. The zero-order chi connectivity index (χ0) is 12.2. The predicted molar refractivity (Wildman–Crippen MR) is 63.6 cm³/mol. The second-order valence-corrected chi connectivity index (χ2v) is 5.82. The Labute approximate surface area is 102 Å². The highest BCUT2D eigenvalue weighted by Crippen LogP contribution is 2.43. The van der Waals surface area contributed by atoms with Crippen LogP contribution in [0.1, 0.15) is 12.8 Å². The highest BCUT2D eigenvalue weighted by atomic mass is 16.4. The number of rotatable bonds is 2. The van der Waals surface area contributed by atoms with Crippen molar-refractivity contribution >= 4 is 5.97 Å². The summed E-state index contributed by atoms with van der Waals surface area (Å²) in [5, 5.41) is 9.15. The maximum absolute atomic E-state index is 11.1. The van der Waals surface area contributed by atoms with Crippen LogP contribution in [-0.2, 0) is 4.79 Å². The van der Waals surface area contributed by atoms with Gasteiger partial charge in [-0.15, -0.1) is 0 Å². The fraction of sp³-hybridized carbons (Fsp3) is 0.917. The van der Waals surface area contributed by atoms with Gasteiger partial charge < -0.3 is 10.8 Å². The second kappa shape index (κ2) is 3.93. The monoisotopic (exact) mass is 239 g/mol. The van der Waals surface area contributed by atoms with Crippen molar-refractivity contribution < 1.29 is 9.90 Å². The van der Waals surface area contributed by atoms with Gasteiger partial charge in [-0.1, -0.05) is 0 Å². The number of fused-ring (bicyclic) bond motifs is 2. The highest BCUT2D eigenvalue weighted by molar-refractivity contribution is 5.74. The Morgan fingerprint density at radius 1 is 1.41 bits per heavy atom. The van der Waals surface area contributed by atoms with E-state index in [0.717, 1.165) is 25.6 Å². The standard InChI is InChI=1S/C12H21N3O2/c1-14-6-8-7-2-4-15(5-3-7)10(8)11(14)9(13)12(16)17/h7-11H,2-6,13H2,1H3,(H,16,17). The Kier molecular flexibility index (Phi) is 2.65. The van der Waals surface area contributed by atoms with Gasteiger partial charge in [0.15, 0.2) is 0 Å². The van der Waals surface area contributed by atoms with E-state index in [0.29, 0.717) is 12.0 Å². The third-order valence-corrected chi connectivity index (χ3v) is 5.05. The van der Waals surface area contributed by atoms with Crippen molar-refractivity contribution in [2.75, 3.05) is 26.7 Å². The van der Waals surface area contributed by atoms with Gasteiger partial charge in [0.1, 0.15) is 6.04 Å². The summed E-state index contributed by atoms with van der Waals surface area (Å²) < 4.78 is 0. The lowest BCUT2D eigenvalue weighted by atomic mass is 9.73. The summed E-state index contributed by atoms with van der Waals surface area (Å²) in [6, 6.07) is -0.395. The molecule has 4 aliphatic heterocycles. The van der Waals surface area contributed by atoms with Crippen molar-refractivity contribution in [3.05, 3.63) is 0 Å². The van der Waals surface area contributed by atoms with Crippen LogP contribution in [0.2, 0.25) is 0 Å². The van der Waals surface area contributed by atoms with Gasteiger partial charge in [-0.05, 0) is 44.8 Å². The van der Waals surface area contributed by atoms with Gasteiger partial charge in [-0.2, -0.15) is 0 Å². The lowest BCUT2D eigenvalue weighted by Crippen LogP contribution is -2.62. The topological polar surface area (TPSA) is 69.8 Å². The Balaban J connectivity index is 1.87. The number of aliphatic carboxylic acids is 1. The largest absolute Gasteiger partial charge is 0.480 e. The first kappa shape index (κ1) is 11.4. The summed E-state index contributed by atoms with van der Waals surface area (Å²) in [6.07, 6.45) is 2.56. The fourth-order valence-electron chi connectivity index (χ4n) is 4.27. The number of likely N-dealkylation sites (N-methyl/N-ethyl adjacent to an activating group) is 1. The summed E-state index contributed by atoms with van der Waals surface area (Å²) in [6.45, 7) is 3.27. The summed E-state index contributed by atoms with van der Waals surface area (Å²) in [4.78, 5) is 15.8. The van der Waals surface area contributed by atoms with Crippen LogP contribution in [0.4, 0.5) is 0 Å². The smallest absolute Gasteiger partial charge is 0.322 e. The molecular weight excluding hydrogens is 218 g/mol. The van der Waals surface area contributed by atoms with E-state index in [2.05, 4.69) is 9.80 Å². The van der Waals surface area contributed by atoms with Crippen LogP contribution in [-0.4, -0.2) is 65.7 Å². The van der Waals surface area contributed by atoms with Crippen molar-refractivity contribution in [3.63, 3.8) is 0 Å². The molecule has 0 saturated carbocycles. The summed E-state index contributed by atoms with van der Waals surface area (Å²) in [5.41, 5.74) is 5.88. The van der Waals surface area contributed by atoms with Gasteiger partial charge in [0, 0.05) is 12.6 Å². The molecule has 4 atom stereocenters. The molecule has 5 nitrogen and oxygen atoms in total. The quantitative estimate of drug-likeness (QED) is 0.675. The Morgan fingerprint density at radius 3 is 2.65 bits per heavy atom. The first-order valence-electron chi connectivity index (χ1n) is 6.52. The second-order valence-electron chi connectivity index (χ2n) is 5.82. The Morgan fingerprint density at radius 2 is 2.06 bits per heavy atom. The molecule has 96 valence electrons. The SMILES string of the molecule is CN1CC2C3CCN(CC3)C2C1C(N)C(=O)O. The molecule has 4 rings (SSSR count). The van der Waals surface area contributed by atoms with Crippen molar-refractivity contribution in [2.45, 2.75) is 31.0 Å². The van der Waals surface area contributed by atoms with Crippen LogP contribution >= 0.6 is 0 Å². The number of piperidine rings is 3. The molecule has 0 spiro atoms. The van der Waals surface area contributed by atoms with Gasteiger partial charge in [-0.25, -0.2) is 0 Å². The van der Waals surface area contributed by atoms with Crippen molar-refractivity contribution in [1.29, 1.82) is 0 Å². The molecule has 4 fully saturated rings. The minimum atomic E-state index is -0.870. The molecular formula is C12H21N3O2. The number of carboxylic acid groups (broad SMARTS) is 1. The molecule has 4 aliphatic rings. The molecule has 0 radical (unpaired) electrons. The number of carboxylic acids is 1. The molecule has 3 N–H and O–H groups in total. The summed E-state index contributed by atoms with van der Waals surface area (Å²) in [7, 11) is 2.02. The molecule has 5 heteroatoms. The van der Waals surface area contributed by atoms with Gasteiger partial charge in [0.25, 0.3) is 0 Å². The van der Waals surface area contributed by atoms with Crippen LogP contribution in [0.3, 0.4) is 0 Å². The molecule has 4 unspecified atom stereocenters. The van der Waals surface area contributed by atoms with Crippen molar-refractivity contribution in [1.82, 2.24) is 9.80 Å². The number of hydrogen-bond acceptors (Lipinski definition) is 4. The molecule has 0 aromatic heterocycles. The zero-order valence-electron chi connectivity index (χ0n) is 10.2. The maximum Gasteiger partial charge on any atom is 0.322 e. The van der Waals surface area contributed by atoms with E-state index in [1.165, 1.54) is 12.8 Å². The summed E-state index contributed by atoms with van der Waals surface area (Å²) in [5.74, 6) is 0.557. The third kappa shape index (κ3) is 1.60. The van der Waals surface area contributed by atoms with E-state index >= 15 is 0 Å². The molecule has 0 amide bonds. The molecule has 2 bridgehead atoms. The third-order valence-electron chi connectivity index (χ3n) is 5.05. The van der Waals surface area contributed by atoms with Crippen molar-refractivity contribution in [2.24, 2.45) is 17.6 Å². The van der Waals surface area contributed by atoms with Gasteiger partial charge >= 0.3 is 5.97 Å². The average molecular weight is 239 g/mol. The lowest BCUT2D eigenvalue weighted by molar-refractivity contribution is -0.140. The van der Waals surface area contributed by atoms with Crippen LogP contribution < -0.4 is 5.73 Å². The van der Waals surface area contributed by atoms with Crippen LogP contribution in [0, 0.1) is 11.8 Å². The molecule has 17 heavy (non-hydrogen) atoms. The summed E-state index contributed by atoms with van der Waals surface area (Å²) >= 11 is 0. The average Bonchev–Trinajstić information content (AvgIpc) is 2.68. The number of nitrogens with two attached hydrogens (primary N) is 1. The molecule has 0 aliphatic carbocycles. The van der Waals surface area contributed by atoms with E-state index in [9.17, 15) is 4.79 Å². The lowest BCUT2D eigenvalue weighted by Gasteiger charge is -2.50. The Bertz CT molecular complexity index is 328. The van der Waals surface area contributed by atoms with Crippen molar-refractivity contribution in [3.8, 4) is 0 Å². The number of nitrogens with zero attached hydrogens (tertiary/aromatic N) is 2. The van der Waals surface area contributed by atoms with Crippen LogP contribution in [0.15, 0.2) is 0 Å². The first-order chi connectivity index (χ1) is 8.09. The predicted octanol–water partition coefficient (Wildman–Crippen LogP) is -0.577.